The van der Waals surface area contributed by atoms with Crippen LogP contribution in [0.5, 0.6) is 0 Å². The minimum atomic E-state index is 0.280. The minimum Gasteiger partial charge on any atom is -0.211 e. The monoisotopic (exact) mass is 245 g/mol. The zero-order valence-electron chi connectivity index (χ0n) is 6.05. The molecule has 0 saturated heterocycles. The topological polar surface area (TPSA) is 29.4 Å². The lowest BCUT2D eigenvalue weighted by Gasteiger charge is -1.99. The van der Waals surface area contributed by atoms with Crippen molar-refractivity contribution in [2.45, 2.75) is 6.54 Å². The number of rotatable bonds is 2. The summed E-state index contributed by atoms with van der Waals surface area (Å²) < 4.78 is 0.919. The van der Waals surface area contributed by atoms with Crippen LogP contribution in [-0.2, 0) is 11.3 Å². The van der Waals surface area contributed by atoms with Gasteiger partial charge in [0.25, 0.3) is 0 Å². The van der Waals surface area contributed by atoms with Crippen LogP contribution in [0.3, 0.4) is 0 Å². The highest BCUT2D eigenvalue weighted by Crippen LogP contribution is 2.21. The Bertz CT molecular complexity index is 334. The second-order valence-electron chi connectivity index (χ2n) is 2.14. The Morgan fingerprint density at radius 2 is 2.33 bits per heavy atom. The number of halogens is 2. The Balaban J connectivity index is 2.96. The molecule has 0 aliphatic rings. The fourth-order valence-corrected chi connectivity index (χ4v) is 1.37. The molecule has 0 radical (unpaired) electrons. The summed E-state index contributed by atoms with van der Waals surface area (Å²) in [6.45, 7) is 0.280. The van der Waals surface area contributed by atoms with Crippen molar-refractivity contribution in [1.82, 2.24) is 0 Å². The molecule has 1 aromatic rings. The third-order valence-electron chi connectivity index (χ3n) is 1.32. The molecule has 4 heteroatoms. The van der Waals surface area contributed by atoms with Gasteiger partial charge in [-0.25, -0.2) is 9.79 Å². The molecule has 0 amide bonds. The summed E-state index contributed by atoms with van der Waals surface area (Å²) in [5.74, 6) is 0. The highest BCUT2D eigenvalue weighted by Gasteiger charge is 1.98. The van der Waals surface area contributed by atoms with E-state index >= 15 is 0 Å². The van der Waals surface area contributed by atoms with E-state index in [0.29, 0.717) is 5.02 Å². The lowest BCUT2D eigenvalue weighted by molar-refractivity contribution is 0.563. The fourth-order valence-electron chi connectivity index (χ4n) is 0.782. The summed E-state index contributed by atoms with van der Waals surface area (Å²) in [5, 5.41) is 0.609. The van der Waals surface area contributed by atoms with Gasteiger partial charge >= 0.3 is 0 Å². The molecule has 0 heterocycles. The van der Waals surface area contributed by atoms with E-state index in [-0.39, 0.29) is 6.54 Å². The van der Waals surface area contributed by atoms with Crippen LogP contribution in [0.15, 0.2) is 27.7 Å². The van der Waals surface area contributed by atoms with Gasteiger partial charge in [0.2, 0.25) is 6.08 Å². The number of hydrogen-bond donors (Lipinski definition) is 0. The van der Waals surface area contributed by atoms with E-state index in [1.807, 2.05) is 12.1 Å². The Morgan fingerprint density at radius 1 is 1.58 bits per heavy atom. The maximum absolute atomic E-state index is 9.83. The molecule has 0 unspecified atom stereocenters. The first-order valence-electron chi connectivity index (χ1n) is 3.21. The summed E-state index contributed by atoms with van der Waals surface area (Å²) >= 11 is 9.11. The highest BCUT2D eigenvalue weighted by molar-refractivity contribution is 9.10. The molecule has 0 spiro atoms. The van der Waals surface area contributed by atoms with E-state index in [9.17, 15) is 4.79 Å². The molecule has 0 aromatic heterocycles. The molecule has 0 atom stereocenters. The predicted molar refractivity (Wildman–Crippen MR) is 51.0 cm³/mol. The highest BCUT2D eigenvalue weighted by atomic mass is 79.9. The first-order chi connectivity index (χ1) is 5.74. The summed E-state index contributed by atoms with van der Waals surface area (Å²) in [5.41, 5.74) is 0.814. The molecular formula is C8H5BrClNO. The Kier molecular flexibility index (Phi) is 3.48. The van der Waals surface area contributed by atoms with Gasteiger partial charge in [-0.15, -0.1) is 0 Å². The molecule has 2 nitrogen and oxygen atoms in total. The van der Waals surface area contributed by atoms with Crippen LogP contribution in [-0.4, -0.2) is 6.08 Å². The van der Waals surface area contributed by atoms with Gasteiger partial charge in [-0.2, -0.15) is 0 Å². The first-order valence-corrected chi connectivity index (χ1v) is 4.38. The Morgan fingerprint density at radius 3 is 3.00 bits per heavy atom. The van der Waals surface area contributed by atoms with Crippen molar-refractivity contribution < 1.29 is 4.79 Å². The van der Waals surface area contributed by atoms with Crippen LogP contribution in [0.25, 0.3) is 0 Å². The van der Waals surface area contributed by atoms with Crippen LogP contribution in [0.4, 0.5) is 0 Å². The number of aliphatic imine (C=N–C) groups is 1. The van der Waals surface area contributed by atoms with Gasteiger partial charge in [0.05, 0.1) is 6.54 Å². The zero-order valence-corrected chi connectivity index (χ0v) is 8.39. The lowest BCUT2D eigenvalue weighted by atomic mass is 10.2. The maximum atomic E-state index is 9.83. The molecule has 1 aromatic carbocycles. The van der Waals surface area contributed by atoms with Crippen molar-refractivity contribution in [1.29, 1.82) is 0 Å². The van der Waals surface area contributed by atoms with E-state index in [4.69, 9.17) is 11.6 Å². The third kappa shape index (κ3) is 2.45. The van der Waals surface area contributed by atoms with Gasteiger partial charge in [-0.05, 0) is 23.8 Å². The fraction of sp³-hybridized carbons (Fsp3) is 0.125. The smallest absolute Gasteiger partial charge is 0.211 e. The molecule has 0 fully saturated rings. The molecule has 1 rings (SSSR count). The molecule has 0 aliphatic carbocycles. The largest absolute Gasteiger partial charge is 0.235 e. The molecule has 0 N–H and O–H groups in total. The first kappa shape index (κ1) is 9.46. The molecule has 0 bridgehead atoms. The Hall–Kier alpha value is -0.630. The van der Waals surface area contributed by atoms with Crippen molar-refractivity contribution in [2.24, 2.45) is 4.99 Å². The average Bonchev–Trinajstić information content (AvgIpc) is 2.07. The van der Waals surface area contributed by atoms with E-state index in [1.54, 1.807) is 6.07 Å². The van der Waals surface area contributed by atoms with Crippen molar-refractivity contribution in [3.63, 3.8) is 0 Å². The van der Waals surface area contributed by atoms with Gasteiger partial charge in [-0.3, -0.25) is 0 Å². The zero-order chi connectivity index (χ0) is 8.97. The van der Waals surface area contributed by atoms with Gasteiger partial charge < -0.3 is 0 Å². The minimum absolute atomic E-state index is 0.280. The predicted octanol–water partition coefficient (Wildman–Crippen LogP) is 2.94. The summed E-state index contributed by atoms with van der Waals surface area (Å²) in [6, 6.07) is 5.40. The quantitative estimate of drug-likeness (QED) is 0.583. The van der Waals surface area contributed by atoms with Crippen LogP contribution in [0, 0.1) is 0 Å². The van der Waals surface area contributed by atoms with E-state index in [2.05, 4.69) is 20.9 Å². The summed E-state index contributed by atoms with van der Waals surface area (Å²) in [4.78, 5) is 13.3. The SMILES string of the molecule is O=C=NCc1cc(Br)ccc1Cl. The van der Waals surface area contributed by atoms with Crippen LogP contribution in [0.2, 0.25) is 5.02 Å². The van der Waals surface area contributed by atoms with Crippen molar-refractivity contribution in [2.75, 3.05) is 0 Å². The molecule has 12 heavy (non-hydrogen) atoms. The van der Waals surface area contributed by atoms with Gasteiger partial charge in [0, 0.05) is 9.50 Å². The van der Waals surface area contributed by atoms with Crippen molar-refractivity contribution >= 4 is 33.6 Å². The number of benzene rings is 1. The normalized spacial score (nSPS) is 9.17. The van der Waals surface area contributed by atoms with Gasteiger partial charge in [0.15, 0.2) is 0 Å². The molecule has 62 valence electrons. The number of carbonyl (C=O) groups excluding carboxylic acids is 1. The summed E-state index contributed by atoms with van der Waals surface area (Å²) in [6.07, 6.45) is 1.46. The van der Waals surface area contributed by atoms with Crippen molar-refractivity contribution in [3.8, 4) is 0 Å². The van der Waals surface area contributed by atoms with Crippen LogP contribution < -0.4 is 0 Å². The molecule has 0 aliphatic heterocycles. The second kappa shape index (κ2) is 4.41. The van der Waals surface area contributed by atoms with Crippen LogP contribution in [0.1, 0.15) is 5.56 Å². The number of hydrogen-bond acceptors (Lipinski definition) is 2. The standard InChI is InChI=1S/C8H5BrClNO/c9-7-1-2-8(10)6(3-7)4-11-5-12/h1-3H,4H2. The lowest BCUT2D eigenvalue weighted by Crippen LogP contribution is -1.82. The van der Waals surface area contributed by atoms with E-state index in [1.165, 1.54) is 6.08 Å². The molecular weight excluding hydrogens is 241 g/mol. The van der Waals surface area contributed by atoms with Crippen molar-refractivity contribution in [3.05, 3.63) is 33.3 Å². The second-order valence-corrected chi connectivity index (χ2v) is 3.47. The van der Waals surface area contributed by atoms with E-state index < -0.39 is 0 Å². The average molecular weight is 246 g/mol. The summed E-state index contributed by atoms with van der Waals surface area (Å²) in [7, 11) is 0. The number of nitrogens with zero attached hydrogens (tertiary/aromatic N) is 1. The Labute approximate surface area is 83.4 Å². The maximum Gasteiger partial charge on any atom is 0.235 e. The van der Waals surface area contributed by atoms with E-state index in [0.717, 1.165) is 10.0 Å². The molecule has 0 saturated carbocycles. The van der Waals surface area contributed by atoms with Gasteiger partial charge in [0.1, 0.15) is 0 Å². The van der Waals surface area contributed by atoms with Gasteiger partial charge in [-0.1, -0.05) is 27.5 Å². The van der Waals surface area contributed by atoms with Crippen LogP contribution >= 0.6 is 27.5 Å². The number of isocyanates is 1. The third-order valence-corrected chi connectivity index (χ3v) is 2.18.